The predicted molar refractivity (Wildman–Crippen MR) is 96.5 cm³/mol. The van der Waals surface area contributed by atoms with Crippen LogP contribution in [0.15, 0.2) is 58.8 Å². The summed E-state index contributed by atoms with van der Waals surface area (Å²) in [5.41, 5.74) is 1.49. The van der Waals surface area contributed by atoms with E-state index < -0.39 is 0 Å². The van der Waals surface area contributed by atoms with Gasteiger partial charge in [0.05, 0.1) is 25.6 Å². The number of ether oxygens (including phenoxy) is 2. The van der Waals surface area contributed by atoms with Crippen molar-refractivity contribution in [3.05, 3.63) is 59.7 Å². The molecule has 0 atom stereocenters. The summed E-state index contributed by atoms with van der Waals surface area (Å²) in [6, 6.07) is 14.8. The largest absolute Gasteiger partial charge is 0.493 e. The van der Waals surface area contributed by atoms with Crippen molar-refractivity contribution in [2.75, 3.05) is 13.2 Å². The van der Waals surface area contributed by atoms with Gasteiger partial charge in [0.25, 0.3) is 0 Å². The SMILES string of the molecule is ON=Cc1ccccc1OCCCCCOc1ccccc1C=NO. The third kappa shape index (κ3) is 6.18. The summed E-state index contributed by atoms with van der Waals surface area (Å²) in [6.45, 7) is 1.17. The van der Waals surface area contributed by atoms with Crippen LogP contribution < -0.4 is 9.47 Å². The van der Waals surface area contributed by atoms with E-state index >= 15 is 0 Å². The van der Waals surface area contributed by atoms with Crippen LogP contribution in [-0.4, -0.2) is 36.1 Å². The van der Waals surface area contributed by atoms with Gasteiger partial charge in [-0.15, -0.1) is 0 Å². The zero-order valence-corrected chi connectivity index (χ0v) is 13.9. The van der Waals surface area contributed by atoms with Gasteiger partial charge in [0, 0.05) is 11.1 Å². The normalized spacial score (nSPS) is 11.2. The van der Waals surface area contributed by atoms with E-state index in [1.807, 2.05) is 48.5 Å². The van der Waals surface area contributed by atoms with E-state index in [1.54, 1.807) is 0 Å². The maximum absolute atomic E-state index is 8.64. The fraction of sp³-hybridized carbons (Fsp3) is 0.263. The van der Waals surface area contributed by atoms with Gasteiger partial charge < -0.3 is 19.9 Å². The minimum atomic E-state index is 0.587. The van der Waals surface area contributed by atoms with Crippen LogP contribution in [0.5, 0.6) is 11.5 Å². The molecular weight excluding hydrogens is 320 g/mol. The van der Waals surface area contributed by atoms with Crippen molar-refractivity contribution < 1.29 is 19.9 Å². The number of rotatable bonds is 10. The first-order chi connectivity index (χ1) is 12.3. The van der Waals surface area contributed by atoms with Crippen molar-refractivity contribution in [2.24, 2.45) is 10.3 Å². The second kappa shape index (κ2) is 10.7. The minimum Gasteiger partial charge on any atom is -0.493 e. The van der Waals surface area contributed by atoms with Crippen LogP contribution in [0.25, 0.3) is 0 Å². The van der Waals surface area contributed by atoms with Gasteiger partial charge in [-0.2, -0.15) is 0 Å². The van der Waals surface area contributed by atoms with Gasteiger partial charge in [0.1, 0.15) is 11.5 Å². The summed E-state index contributed by atoms with van der Waals surface area (Å²) < 4.78 is 11.4. The first-order valence-electron chi connectivity index (χ1n) is 8.13. The van der Waals surface area contributed by atoms with Gasteiger partial charge in [-0.3, -0.25) is 0 Å². The Morgan fingerprint density at radius 3 is 1.56 bits per heavy atom. The van der Waals surface area contributed by atoms with Crippen LogP contribution in [0, 0.1) is 0 Å². The summed E-state index contributed by atoms with van der Waals surface area (Å²) in [5.74, 6) is 1.41. The van der Waals surface area contributed by atoms with Crippen LogP contribution in [0.3, 0.4) is 0 Å². The first kappa shape index (κ1) is 18.3. The molecule has 0 aliphatic rings. The number of benzene rings is 2. The summed E-state index contributed by atoms with van der Waals surface area (Å²) >= 11 is 0. The Hall–Kier alpha value is -3.02. The molecule has 0 spiro atoms. The second-order valence-electron chi connectivity index (χ2n) is 5.32. The van der Waals surface area contributed by atoms with E-state index in [2.05, 4.69) is 10.3 Å². The van der Waals surface area contributed by atoms with E-state index in [0.717, 1.165) is 30.4 Å². The number of nitrogens with zero attached hydrogens (tertiary/aromatic N) is 2. The van der Waals surface area contributed by atoms with E-state index in [4.69, 9.17) is 19.9 Å². The number of unbranched alkanes of at least 4 members (excludes halogenated alkanes) is 2. The first-order valence-corrected chi connectivity index (χ1v) is 8.13. The highest BCUT2D eigenvalue weighted by Gasteiger charge is 2.02. The third-order valence-corrected chi connectivity index (χ3v) is 3.54. The zero-order chi connectivity index (χ0) is 17.7. The van der Waals surface area contributed by atoms with Crippen LogP contribution in [0.1, 0.15) is 30.4 Å². The zero-order valence-electron chi connectivity index (χ0n) is 13.9. The van der Waals surface area contributed by atoms with Gasteiger partial charge in [-0.1, -0.05) is 34.6 Å². The number of hydrogen-bond acceptors (Lipinski definition) is 6. The van der Waals surface area contributed by atoms with Gasteiger partial charge in [-0.05, 0) is 43.5 Å². The molecule has 2 rings (SSSR count). The molecule has 0 aliphatic carbocycles. The highest BCUT2D eigenvalue weighted by atomic mass is 16.5. The van der Waals surface area contributed by atoms with Crippen molar-refractivity contribution in [3.63, 3.8) is 0 Å². The van der Waals surface area contributed by atoms with Crippen LogP contribution >= 0.6 is 0 Å². The Labute approximate surface area is 147 Å². The molecule has 0 bridgehead atoms. The lowest BCUT2D eigenvalue weighted by Gasteiger charge is -2.10. The van der Waals surface area contributed by atoms with E-state index in [9.17, 15) is 0 Å². The van der Waals surface area contributed by atoms with Crippen LogP contribution in [0.4, 0.5) is 0 Å². The maximum Gasteiger partial charge on any atom is 0.128 e. The lowest BCUT2D eigenvalue weighted by Crippen LogP contribution is -2.03. The topological polar surface area (TPSA) is 83.6 Å². The van der Waals surface area contributed by atoms with Gasteiger partial charge in [0.2, 0.25) is 0 Å². The smallest absolute Gasteiger partial charge is 0.128 e. The summed E-state index contributed by atoms with van der Waals surface area (Å²) in [5, 5.41) is 23.4. The summed E-state index contributed by atoms with van der Waals surface area (Å²) in [7, 11) is 0. The fourth-order valence-corrected chi connectivity index (χ4v) is 2.31. The Bertz CT molecular complexity index is 642. The Kier molecular flexibility index (Phi) is 7.84. The van der Waals surface area contributed by atoms with E-state index in [-0.39, 0.29) is 0 Å². The Balaban J connectivity index is 1.66. The van der Waals surface area contributed by atoms with Crippen molar-refractivity contribution >= 4 is 12.4 Å². The van der Waals surface area contributed by atoms with E-state index in [0.29, 0.717) is 24.7 Å². The molecule has 0 amide bonds. The highest BCUT2D eigenvalue weighted by molar-refractivity contribution is 5.83. The molecule has 0 unspecified atom stereocenters. The molecule has 0 saturated carbocycles. The fourth-order valence-electron chi connectivity index (χ4n) is 2.31. The number of hydrogen-bond donors (Lipinski definition) is 2. The monoisotopic (exact) mass is 342 g/mol. The molecule has 0 heterocycles. The predicted octanol–water partition coefficient (Wildman–Crippen LogP) is 3.93. The molecule has 0 aliphatic heterocycles. The van der Waals surface area contributed by atoms with Crippen LogP contribution in [-0.2, 0) is 0 Å². The van der Waals surface area contributed by atoms with Gasteiger partial charge in [0.15, 0.2) is 0 Å². The van der Waals surface area contributed by atoms with Crippen molar-refractivity contribution in [1.82, 2.24) is 0 Å². The standard InChI is InChI=1S/C19H22N2O4/c22-20-14-16-8-2-4-10-18(16)24-12-6-1-7-13-25-19-11-5-3-9-17(19)15-21-23/h2-5,8-11,14-15,22-23H,1,6-7,12-13H2. The van der Waals surface area contributed by atoms with Crippen molar-refractivity contribution in [2.45, 2.75) is 19.3 Å². The molecule has 25 heavy (non-hydrogen) atoms. The highest BCUT2D eigenvalue weighted by Crippen LogP contribution is 2.17. The minimum absolute atomic E-state index is 0.587. The molecule has 6 nitrogen and oxygen atoms in total. The molecule has 2 aromatic carbocycles. The lowest BCUT2D eigenvalue weighted by atomic mass is 10.2. The molecular formula is C19H22N2O4. The second-order valence-corrected chi connectivity index (χ2v) is 5.32. The molecule has 132 valence electrons. The van der Waals surface area contributed by atoms with Gasteiger partial charge in [-0.25, -0.2) is 0 Å². The Morgan fingerprint density at radius 1 is 0.680 bits per heavy atom. The summed E-state index contributed by atoms with van der Waals surface area (Å²) in [6.07, 6.45) is 5.47. The molecule has 2 aromatic rings. The van der Waals surface area contributed by atoms with E-state index in [1.165, 1.54) is 12.4 Å². The molecule has 6 heteroatoms. The Morgan fingerprint density at radius 2 is 1.12 bits per heavy atom. The number of oxime groups is 2. The molecule has 0 fully saturated rings. The van der Waals surface area contributed by atoms with Crippen molar-refractivity contribution in [1.29, 1.82) is 0 Å². The van der Waals surface area contributed by atoms with Crippen LogP contribution in [0.2, 0.25) is 0 Å². The quantitative estimate of drug-likeness (QED) is 0.296. The molecule has 0 aromatic heterocycles. The average molecular weight is 342 g/mol. The molecule has 0 radical (unpaired) electrons. The van der Waals surface area contributed by atoms with Gasteiger partial charge >= 0.3 is 0 Å². The third-order valence-electron chi connectivity index (χ3n) is 3.54. The lowest BCUT2D eigenvalue weighted by molar-refractivity contribution is 0.278. The summed E-state index contributed by atoms with van der Waals surface area (Å²) in [4.78, 5) is 0. The average Bonchev–Trinajstić information content (AvgIpc) is 2.64. The molecule has 0 saturated heterocycles. The van der Waals surface area contributed by atoms with Crippen molar-refractivity contribution in [3.8, 4) is 11.5 Å². The number of para-hydroxylation sites is 2. The molecule has 2 N–H and O–H groups in total. The maximum atomic E-state index is 8.64.